The Morgan fingerprint density at radius 1 is 1.33 bits per heavy atom. The Bertz CT molecular complexity index is 907. The fourth-order valence-corrected chi connectivity index (χ4v) is 3.37. The van der Waals surface area contributed by atoms with Crippen molar-refractivity contribution >= 4 is 11.8 Å². The van der Waals surface area contributed by atoms with Crippen LogP contribution in [0, 0.1) is 18.3 Å². The minimum Gasteiger partial charge on any atom is -0.383 e. The summed E-state index contributed by atoms with van der Waals surface area (Å²) in [6, 6.07) is 10.1. The summed E-state index contributed by atoms with van der Waals surface area (Å²) in [6.07, 6.45) is 4.77. The zero-order valence-corrected chi connectivity index (χ0v) is 16.5. The van der Waals surface area contributed by atoms with Crippen LogP contribution in [0.3, 0.4) is 0 Å². The molecule has 0 atom stereocenters. The number of nitriles is 1. The molecule has 5 nitrogen and oxygen atoms in total. The highest BCUT2D eigenvalue weighted by molar-refractivity contribution is 5.59. The molecule has 0 bridgehead atoms. The Morgan fingerprint density at radius 2 is 2.11 bits per heavy atom. The minimum atomic E-state index is -0.0705. The Kier molecular flexibility index (Phi) is 7.39. The fourth-order valence-electron chi connectivity index (χ4n) is 3.37. The lowest BCUT2D eigenvalue weighted by molar-refractivity contribution is 0.206. The second-order valence-corrected chi connectivity index (χ2v) is 6.54. The largest absolute Gasteiger partial charge is 0.383 e. The van der Waals surface area contributed by atoms with Gasteiger partial charge in [-0.15, -0.1) is 0 Å². The molecule has 1 heterocycles. The van der Waals surface area contributed by atoms with Crippen LogP contribution < -0.4 is 10.5 Å². The number of nitrogens with zero attached hydrogens (tertiary/aromatic N) is 2. The van der Waals surface area contributed by atoms with Crippen molar-refractivity contribution in [2.75, 3.05) is 32.2 Å². The van der Waals surface area contributed by atoms with Crippen molar-refractivity contribution in [3.05, 3.63) is 68.6 Å². The van der Waals surface area contributed by atoms with Crippen LogP contribution >= 0.6 is 0 Å². The molecule has 2 aromatic rings. The maximum atomic E-state index is 12.7. The molecule has 5 heteroatoms. The number of methoxy groups -OCH3 is 1. The number of ether oxygens (including phenoxy) is 1. The van der Waals surface area contributed by atoms with Gasteiger partial charge in [0.25, 0.3) is 5.56 Å². The topological polar surface area (TPSA) is 69.1 Å². The van der Waals surface area contributed by atoms with Crippen molar-refractivity contribution < 1.29 is 4.74 Å². The van der Waals surface area contributed by atoms with Gasteiger partial charge < -0.3 is 14.6 Å². The van der Waals surface area contributed by atoms with Crippen LogP contribution in [0.1, 0.15) is 34.9 Å². The number of aromatic amines is 1. The number of hydrogen-bond acceptors (Lipinski definition) is 4. The zero-order chi connectivity index (χ0) is 19.8. The molecule has 0 radical (unpaired) electrons. The van der Waals surface area contributed by atoms with Crippen LogP contribution in [0.4, 0.5) is 5.69 Å². The van der Waals surface area contributed by atoms with Gasteiger partial charge in [0.1, 0.15) is 5.69 Å². The van der Waals surface area contributed by atoms with E-state index in [-0.39, 0.29) is 5.56 Å². The summed E-state index contributed by atoms with van der Waals surface area (Å²) in [5.41, 5.74) is 5.86. The van der Waals surface area contributed by atoms with Crippen molar-refractivity contribution in [1.29, 1.82) is 5.26 Å². The fraction of sp³-hybridized carbons (Fsp3) is 0.364. The number of hydrogen-bond donors (Lipinski definition) is 1. The molecule has 0 aliphatic rings. The number of anilines is 1. The first-order valence-electron chi connectivity index (χ1n) is 9.11. The number of aromatic nitrogens is 1. The van der Waals surface area contributed by atoms with Crippen LogP contribution in [0.25, 0.3) is 6.08 Å². The Labute approximate surface area is 160 Å². The van der Waals surface area contributed by atoms with E-state index in [2.05, 4.69) is 24.0 Å². The second-order valence-electron chi connectivity index (χ2n) is 6.54. The van der Waals surface area contributed by atoms with E-state index >= 15 is 0 Å². The molecule has 1 aromatic carbocycles. The Hall–Kier alpha value is -2.84. The van der Waals surface area contributed by atoms with Gasteiger partial charge in [0, 0.05) is 38.9 Å². The van der Waals surface area contributed by atoms with Gasteiger partial charge in [0.15, 0.2) is 0 Å². The van der Waals surface area contributed by atoms with E-state index in [9.17, 15) is 4.79 Å². The van der Waals surface area contributed by atoms with Gasteiger partial charge in [0.05, 0.1) is 12.7 Å². The average molecular weight is 365 g/mol. The first-order valence-corrected chi connectivity index (χ1v) is 9.11. The molecule has 0 unspecified atom stereocenters. The van der Waals surface area contributed by atoms with Gasteiger partial charge in [-0.3, -0.25) is 4.79 Å². The van der Waals surface area contributed by atoms with Gasteiger partial charge in [-0.1, -0.05) is 31.2 Å². The summed E-state index contributed by atoms with van der Waals surface area (Å²) in [6.45, 7) is 5.26. The first kappa shape index (κ1) is 20.5. The third-order valence-electron chi connectivity index (χ3n) is 4.67. The molecule has 0 aliphatic carbocycles. The van der Waals surface area contributed by atoms with E-state index in [4.69, 9.17) is 10.00 Å². The first-order chi connectivity index (χ1) is 13.0. The molecule has 0 spiro atoms. The predicted molar refractivity (Wildman–Crippen MR) is 110 cm³/mol. The highest BCUT2D eigenvalue weighted by Gasteiger charge is 2.18. The lowest BCUT2D eigenvalue weighted by Gasteiger charge is -2.24. The summed E-state index contributed by atoms with van der Waals surface area (Å²) >= 11 is 0. The van der Waals surface area contributed by atoms with Crippen molar-refractivity contribution in [2.24, 2.45) is 0 Å². The quantitative estimate of drug-likeness (QED) is 0.728. The SMILES string of the molecule is CCc1c(C)[nH]c(=O)c(N(C)CCOC)c1Cc1cccc(/C=C/C#N)c1. The van der Waals surface area contributed by atoms with Gasteiger partial charge in [-0.2, -0.15) is 5.26 Å². The summed E-state index contributed by atoms with van der Waals surface area (Å²) in [4.78, 5) is 17.7. The normalized spacial score (nSPS) is 10.9. The van der Waals surface area contributed by atoms with Gasteiger partial charge in [-0.05, 0) is 41.7 Å². The Balaban J connectivity index is 2.52. The van der Waals surface area contributed by atoms with E-state index in [1.165, 1.54) is 11.6 Å². The number of rotatable bonds is 8. The number of H-pyrrole nitrogens is 1. The van der Waals surface area contributed by atoms with Crippen molar-refractivity contribution in [3.63, 3.8) is 0 Å². The number of nitrogens with one attached hydrogen (secondary N) is 1. The molecule has 27 heavy (non-hydrogen) atoms. The number of benzene rings is 1. The van der Waals surface area contributed by atoms with Crippen LogP contribution in [0.15, 0.2) is 35.1 Å². The van der Waals surface area contributed by atoms with Crippen molar-refractivity contribution in [1.82, 2.24) is 4.98 Å². The summed E-state index contributed by atoms with van der Waals surface area (Å²) in [5.74, 6) is 0. The van der Waals surface area contributed by atoms with E-state index in [0.717, 1.165) is 28.8 Å². The third kappa shape index (κ3) is 5.08. The zero-order valence-electron chi connectivity index (χ0n) is 16.5. The molecular formula is C22H27N3O2. The molecule has 0 aliphatic heterocycles. The number of likely N-dealkylation sites (N-methyl/N-ethyl adjacent to an activating group) is 1. The highest BCUT2D eigenvalue weighted by atomic mass is 16.5. The number of pyridine rings is 1. The van der Waals surface area contributed by atoms with Gasteiger partial charge >= 0.3 is 0 Å². The molecule has 142 valence electrons. The smallest absolute Gasteiger partial charge is 0.271 e. The lowest BCUT2D eigenvalue weighted by Crippen LogP contribution is -2.31. The maximum absolute atomic E-state index is 12.7. The van der Waals surface area contributed by atoms with Gasteiger partial charge in [-0.25, -0.2) is 0 Å². The predicted octanol–water partition coefficient (Wildman–Crippen LogP) is 3.46. The lowest BCUT2D eigenvalue weighted by atomic mass is 9.95. The highest BCUT2D eigenvalue weighted by Crippen LogP contribution is 2.25. The van der Waals surface area contributed by atoms with Crippen LogP contribution in [-0.4, -0.2) is 32.3 Å². The van der Waals surface area contributed by atoms with E-state index in [0.29, 0.717) is 25.3 Å². The molecule has 1 N–H and O–H groups in total. The standard InChI is InChI=1S/C22H27N3O2/c1-5-19-16(2)24-22(26)21(25(3)12-13-27-4)20(19)15-18-9-6-8-17(14-18)10-7-11-23/h6-10,14H,5,12-13,15H2,1-4H3,(H,24,26)/b10-7+. The number of allylic oxidation sites excluding steroid dienone is 1. The second kappa shape index (κ2) is 9.75. The monoisotopic (exact) mass is 365 g/mol. The van der Waals surface area contributed by atoms with Crippen LogP contribution in [0.5, 0.6) is 0 Å². The summed E-state index contributed by atoms with van der Waals surface area (Å²) < 4.78 is 5.18. The average Bonchev–Trinajstić information content (AvgIpc) is 2.65. The van der Waals surface area contributed by atoms with Crippen molar-refractivity contribution in [2.45, 2.75) is 26.7 Å². The summed E-state index contributed by atoms with van der Waals surface area (Å²) in [7, 11) is 3.58. The van der Waals surface area contributed by atoms with Crippen LogP contribution in [-0.2, 0) is 17.6 Å². The maximum Gasteiger partial charge on any atom is 0.271 e. The van der Waals surface area contributed by atoms with Crippen LogP contribution in [0.2, 0.25) is 0 Å². The molecule has 0 saturated carbocycles. The van der Waals surface area contributed by atoms with Crippen molar-refractivity contribution in [3.8, 4) is 6.07 Å². The number of aryl methyl sites for hydroxylation is 1. The molecule has 0 amide bonds. The molecule has 0 saturated heterocycles. The van der Waals surface area contributed by atoms with E-state index in [1.807, 2.05) is 37.1 Å². The van der Waals surface area contributed by atoms with Gasteiger partial charge in [0.2, 0.25) is 0 Å². The third-order valence-corrected chi connectivity index (χ3v) is 4.67. The van der Waals surface area contributed by atoms with E-state index in [1.54, 1.807) is 13.2 Å². The molecule has 2 rings (SSSR count). The molecular weight excluding hydrogens is 338 g/mol. The molecule has 1 aromatic heterocycles. The minimum absolute atomic E-state index is 0.0705. The molecule has 0 fully saturated rings. The Morgan fingerprint density at radius 3 is 2.78 bits per heavy atom. The van der Waals surface area contributed by atoms with E-state index < -0.39 is 0 Å². The summed E-state index contributed by atoms with van der Waals surface area (Å²) in [5, 5.41) is 8.74.